The Balaban J connectivity index is 2.68. The fraction of sp³-hybridized carbons (Fsp3) is 0.250. The molecule has 0 N–H and O–H groups in total. The highest BCUT2D eigenvalue weighted by Gasteiger charge is 2.27. The summed E-state index contributed by atoms with van der Waals surface area (Å²) < 4.78 is 60.4. The lowest BCUT2D eigenvalue weighted by Crippen LogP contribution is -2.10. The number of rotatable bonds is 2. The molecule has 78 valence electrons. The molecule has 6 heteroatoms. The van der Waals surface area contributed by atoms with Gasteiger partial charge in [-0.2, -0.15) is 13.2 Å². The topological polar surface area (TPSA) is 0 Å². The standard InChI is InChI=1S/C8H5F5S/c9-5-1-2-7(6(10)3-5)14-4-8(11,12)13/h1-3H,4H2. The lowest BCUT2D eigenvalue weighted by Gasteiger charge is -2.06. The Bertz CT molecular complexity index is 320. The molecule has 0 bridgehead atoms. The van der Waals surface area contributed by atoms with Crippen molar-refractivity contribution in [2.45, 2.75) is 11.1 Å². The first kappa shape index (κ1) is 11.3. The average Bonchev–Trinajstić information content (AvgIpc) is 2.00. The molecule has 0 unspecified atom stereocenters. The van der Waals surface area contributed by atoms with Crippen molar-refractivity contribution in [3.63, 3.8) is 0 Å². The Morgan fingerprint density at radius 3 is 2.29 bits per heavy atom. The van der Waals surface area contributed by atoms with Gasteiger partial charge in [0, 0.05) is 11.0 Å². The molecular formula is C8H5F5S. The largest absolute Gasteiger partial charge is 0.398 e. The molecule has 1 rings (SSSR count). The fourth-order valence-corrected chi connectivity index (χ4v) is 1.43. The van der Waals surface area contributed by atoms with Crippen LogP contribution in [-0.4, -0.2) is 11.9 Å². The summed E-state index contributed by atoms with van der Waals surface area (Å²) in [4.78, 5) is -0.205. The first-order valence-electron chi connectivity index (χ1n) is 3.53. The third kappa shape index (κ3) is 3.53. The summed E-state index contributed by atoms with van der Waals surface area (Å²) in [6.45, 7) is 0. The van der Waals surface area contributed by atoms with Gasteiger partial charge in [-0.25, -0.2) is 8.78 Å². The van der Waals surface area contributed by atoms with Crippen molar-refractivity contribution >= 4 is 11.8 Å². The minimum Gasteiger partial charge on any atom is -0.207 e. The summed E-state index contributed by atoms with van der Waals surface area (Å²) in [5.41, 5.74) is 0. The number of hydrogen-bond acceptors (Lipinski definition) is 1. The molecule has 0 heterocycles. The van der Waals surface area contributed by atoms with E-state index in [-0.39, 0.29) is 4.90 Å². The Labute approximate surface area is 81.1 Å². The fourth-order valence-electron chi connectivity index (χ4n) is 0.752. The van der Waals surface area contributed by atoms with Crippen LogP contribution in [-0.2, 0) is 0 Å². The van der Waals surface area contributed by atoms with Gasteiger partial charge in [-0.15, -0.1) is 11.8 Å². The number of thioether (sulfide) groups is 1. The maximum atomic E-state index is 12.8. The van der Waals surface area contributed by atoms with Crippen LogP contribution >= 0.6 is 11.8 Å². The number of hydrogen-bond donors (Lipinski definition) is 0. The molecule has 1 aromatic carbocycles. The quantitative estimate of drug-likeness (QED) is 0.550. The van der Waals surface area contributed by atoms with Crippen molar-refractivity contribution in [1.82, 2.24) is 0 Å². The van der Waals surface area contributed by atoms with Gasteiger partial charge in [-0.3, -0.25) is 0 Å². The van der Waals surface area contributed by atoms with Crippen molar-refractivity contribution in [2.75, 3.05) is 5.75 Å². The van der Waals surface area contributed by atoms with Crippen LogP contribution in [0, 0.1) is 11.6 Å². The van der Waals surface area contributed by atoms with Crippen LogP contribution in [0.1, 0.15) is 0 Å². The maximum absolute atomic E-state index is 12.8. The van der Waals surface area contributed by atoms with Crippen molar-refractivity contribution in [2.24, 2.45) is 0 Å². The molecule has 0 aliphatic carbocycles. The molecule has 14 heavy (non-hydrogen) atoms. The number of halogens is 5. The summed E-state index contributed by atoms with van der Waals surface area (Å²) in [5.74, 6) is -2.96. The van der Waals surface area contributed by atoms with E-state index in [1.54, 1.807) is 0 Å². The Kier molecular flexibility index (Phi) is 3.36. The van der Waals surface area contributed by atoms with Crippen LogP contribution in [0.15, 0.2) is 23.1 Å². The van der Waals surface area contributed by atoms with Crippen molar-refractivity contribution < 1.29 is 22.0 Å². The SMILES string of the molecule is Fc1ccc(SCC(F)(F)F)c(F)c1. The minimum absolute atomic E-state index is 0.205. The Morgan fingerprint density at radius 1 is 1.14 bits per heavy atom. The van der Waals surface area contributed by atoms with Crippen LogP contribution in [0.2, 0.25) is 0 Å². The van der Waals surface area contributed by atoms with Crippen LogP contribution in [0.4, 0.5) is 22.0 Å². The molecular weight excluding hydrogens is 223 g/mol. The molecule has 0 spiro atoms. The van der Waals surface area contributed by atoms with Crippen molar-refractivity contribution in [3.8, 4) is 0 Å². The molecule has 0 nitrogen and oxygen atoms in total. The zero-order valence-corrected chi connectivity index (χ0v) is 7.55. The highest BCUT2D eigenvalue weighted by molar-refractivity contribution is 7.99. The van der Waals surface area contributed by atoms with Gasteiger partial charge in [-0.05, 0) is 12.1 Å². The number of alkyl halides is 3. The summed E-state index contributed by atoms with van der Waals surface area (Å²) in [5, 5.41) is 0. The molecule has 0 aromatic heterocycles. The van der Waals surface area contributed by atoms with Crippen LogP contribution < -0.4 is 0 Å². The summed E-state index contributed by atoms with van der Waals surface area (Å²) in [6.07, 6.45) is -4.36. The van der Waals surface area contributed by atoms with Gasteiger partial charge in [0.25, 0.3) is 0 Å². The van der Waals surface area contributed by atoms with Gasteiger partial charge in [-0.1, -0.05) is 0 Å². The van der Waals surface area contributed by atoms with E-state index >= 15 is 0 Å². The van der Waals surface area contributed by atoms with E-state index in [0.29, 0.717) is 17.8 Å². The average molecular weight is 228 g/mol. The van der Waals surface area contributed by atoms with Gasteiger partial charge in [0.2, 0.25) is 0 Å². The van der Waals surface area contributed by atoms with Crippen molar-refractivity contribution in [1.29, 1.82) is 0 Å². The summed E-state index contributed by atoms with van der Waals surface area (Å²) in [7, 11) is 0. The number of benzene rings is 1. The molecule has 0 fully saturated rings. The molecule has 0 amide bonds. The maximum Gasteiger partial charge on any atom is 0.398 e. The van der Waals surface area contributed by atoms with Crippen molar-refractivity contribution in [3.05, 3.63) is 29.8 Å². The van der Waals surface area contributed by atoms with E-state index in [1.807, 2.05) is 0 Å². The van der Waals surface area contributed by atoms with Crippen LogP contribution in [0.5, 0.6) is 0 Å². The van der Waals surface area contributed by atoms with E-state index < -0.39 is 23.6 Å². The first-order chi connectivity index (χ1) is 6.38. The molecule has 0 saturated carbocycles. The second-order valence-electron chi connectivity index (χ2n) is 2.48. The third-order valence-corrected chi connectivity index (χ3v) is 2.40. The zero-order valence-electron chi connectivity index (χ0n) is 6.74. The monoisotopic (exact) mass is 228 g/mol. The van der Waals surface area contributed by atoms with E-state index in [1.165, 1.54) is 0 Å². The molecule has 1 aromatic rings. The molecule has 0 saturated heterocycles. The second-order valence-corrected chi connectivity index (χ2v) is 3.50. The predicted octanol–water partition coefficient (Wildman–Crippen LogP) is 3.62. The lowest BCUT2D eigenvalue weighted by molar-refractivity contribution is -0.105. The Morgan fingerprint density at radius 2 is 1.79 bits per heavy atom. The van der Waals surface area contributed by atoms with E-state index in [0.717, 1.165) is 12.1 Å². The lowest BCUT2D eigenvalue weighted by atomic mass is 10.3. The van der Waals surface area contributed by atoms with Crippen LogP contribution in [0.25, 0.3) is 0 Å². The minimum atomic E-state index is -4.36. The van der Waals surface area contributed by atoms with Crippen LogP contribution in [0.3, 0.4) is 0 Å². The van der Waals surface area contributed by atoms with E-state index in [4.69, 9.17) is 0 Å². The third-order valence-electron chi connectivity index (χ3n) is 1.29. The molecule has 0 aliphatic heterocycles. The van der Waals surface area contributed by atoms with Gasteiger partial charge in [0.1, 0.15) is 11.6 Å². The summed E-state index contributed by atoms with van der Waals surface area (Å²) in [6, 6.07) is 2.46. The normalized spacial score (nSPS) is 11.8. The van der Waals surface area contributed by atoms with Gasteiger partial charge in [0.05, 0.1) is 5.75 Å². The smallest absolute Gasteiger partial charge is 0.207 e. The van der Waals surface area contributed by atoms with Gasteiger partial charge in [0.15, 0.2) is 0 Å². The first-order valence-corrected chi connectivity index (χ1v) is 4.51. The molecule has 0 atom stereocenters. The second kappa shape index (κ2) is 4.16. The van der Waals surface area contributed by atoms with Gasteiger partial charge < -0.3 is 0 Å². The highest BCUT2D eigenvalue weighted by atomic mass is 32.2. The molecule has 0 aliphatic rings. The zero-order chi connectivity index (χ0) is 10.8. The van der Waals surface area contributed by atoms with Gasteiger partial charge >= 0.3 is 6.18 Å². The Hall–Kier alpha value is -0.780. The van der Waals surface area contributed by atoms with E-state index in [9.17, 15) is 22.0 Å². The summed E-state index contributed by atoms with van der Waals surface area (Å²) >= 11 is 0.296. The predicted molar refractivity (Wildman–Crippen MR) is 43.1 cm³/mol. The van der Waals surface area contributed by atoms with E-state index in [2.05, 4.69) is 0 Å². The molecule has 0 radical (unpaired) electrons. The highest BCUT2D eigenvalue weighted by Crippen LogP contribution is 2.29.